The molecule has 0 spiro atoms. The lowest BCUT2D eigenvalue weighted by Gasteiger charge is -2.06. The number of fused-ring (bicyclic) bond motifs is 2. The number of carbonyl (C=O) groups excluding carboxylic acids is 1. The van der Waals surface area contributed by atoms with E-state index >= 15 is 0 Å². The summed E-state index contributed by atoms with van der Waals surface area (Å²) in [4.78, 5) is 39.7. The fraction of sp³-hybridized carbons (Fsp3) is 0.143. The highest BCUT2D eigenvalue weighted by Gasteiger charge is 2.21. The lowest BCUT2D eigenvalue weighted by Crippen LogP contribution is -2.21. The molecule has 0 fully saturated rings. The highest BCUT2D eigenvalue weighted by atomic mass is 16.4. The van der Waals surface area contributed by atoms with Crippen molar-refractivity contribution in [3.63, 3.8) is 0 Å². The maximum absolute atomic E-state index is 12.8. The Kier molecular flexibility index (Phi) is 4.27. The summed E-state index contributed by atoms with van der Waals surface area (Å²) in [7, 11) is 0. The normalized spacial score (nSPS) is 14.2. The number of hydrogen-bond donors (Lipinski definition) is 2. The Bertz CT molecular complexity index is 1210. The Hall–Kier alpha value is -3.74. The van der Waals surface area contributed by atoms with E-state index in [-0.39, 0.29) is 17.0 Å². The van der Waals surface area contributed by atoms with Crippen LogP contribution in [0.1, 0.15) is 35.1 Å². The van der Waals surface area contributed by atoms with Crippen LogP contribution in [0, 0.1) is 0 Å². The second-order valence-electron chi connectivity index (χ2n) is 6.65. The monoisotopic (exact) mass is 375 g/mol. The van der Waals surface area contributed by atoms with E-state index in [1.54, 1.807) is 4.57 Å². The third-order valence-electron chi connectivity index (χ3n) is 4.67. The van der Waals surface area contributed by atoms with Gasteiger partial charge in [0.05, 0.1) is 16.5 Å². The summed E-state index contributed by atoms with van der Waals surface area (Å²) >= 11 is 0. The number of allylic oxidation sites excluding steroid dienone is 1. The lowest BCUT2D eigenvalue weighted by atomic mass is 10.1. The van der Waals surface area contributed by atoms with Gasteiger partial charge in [0, 0.05) is 19.2 Å². The van der Waals surface area contributed by atoms with E-state index < -0.39 is 5.97 Å². The van der Waals surface area contributed by atoms with Gasteiger partial charge in [0.2, 0.25) is 5.91 Å². The van der Waals surface area contributed by atoms with E-state index in [2.05, 4.69) is 10.3 Å². The van der Waals surface area contributed by atoms with E-state index in [1.165, 1.54) is 25.1 Å². The van der Waals surface area contributed by atoms with Crippen molar-refractivity contribution in [3.8, 4) is 0 Å². The largest absolute Gasteiger partial charge is 0.478 e. The Morgan fingerprint density at radius 1 is 1.18 bits per heavy atom. The van der Waals surface area contributed by atoms with Crippen LogP contribution in [-0.4, -0.2) is 26.5 Å². The zero-order chi connectivity index (χ0) is 19.8. The number of aromatic carboxylic acids is 1. The minimum atomic E-state index is -1.06. The molecule has 3 aromatic rings. The van der Waals surface area contributed by atoms with Gasteiger partial charge in [0.25, 0.3) is 5.56 Å². The number of carboxylic acid groups (broad SMARTS) is 1. The van der Waals surface area contributed by atoms with Crippen molar-refractivity contribution in [2.24, 2.45) is 0 Å². The minimum absolute atomic E-state index is 0.0986. The van der Waals surface area contributed by atoms with Crippen LogP contribution in [0.15, 0.2) is 47.3 Å². The number of aromatic nitrogens is 2. The minimum Gasteiger partial charge on any atom is -0.478 e. The van der Waals surface area contributed by atoms with Gasteiger partial charge in [-0.15, -0.1) is 0 Å². The molecule has 0 atom stereocenters. The molecule has 0 saturated heterocycles. The van der Waals surface area contributed by atoms with Gasteiger partial charge in [0.1, 0.15) is 5.82 Å². The first-order valence-corrected chi connectivity index (χ1v) is 8.79. The van der Waals surface area contributed by atoms with E-state index in [0.717, 1.165) is 11.1 Å². The molecule has 2 aromatic carbocycles. The molecule has 7 nitrogen and oxygen atoms in total. The van der Waals surface area contributed by atoms with Crippen LogP contribution in [0.3, 0.4) is 0 Å². The van der Waals surface area contributed by atoms with Gasteiger partial charge in [-0.2, -0.15) is 0 Å². The van der Waals surface area contributed by atoms with Crippen molar-refractivity contribution >= 4 is 40.1 Å². The molecule has 2 heterocycles. The summed E-state index contributed by atoms with van der Waals surface area (Å²) in [5.41, 5.74) is 2.86. The highest BCUT2D eigenvalue weighted by molar-refractivity contribution is 5.93. The van der Waals surface area contributed by atoms with Crippen molar-refractivity contribution in [3.05, 3.63) is 69.8 Å². The Balaban J connectivity index is 1.76. The molecule has 0 aliphatic carbocycles. The Morgan fingerprint density at radius 3 is 2.61 bits per heavy atom. The van der Waals surface area contributed by atoms with Crippen LogP contribution in [-0.2, 0) is 11.3 Å². The highest BCUT2D eigenvalue weighted by Crippen LogP contribution is 2.28. The van der Waals surface area contributed by atoms with Gasteiger partial charge in [-0.25, -0.2) is 9.78 Å². The predicted molar refractivity (Wildman–Crippen MR) is 106 cm³/mol. The smallest absolute Gasteiger partial charge is 0.335 e. The van der Waals surface area contributed by atoms with Crippen LogP contribution in [0.4, 0.5) is 5.69 Å². The van der Waals surface area contributed by atoms with Crippen LogP contribution in [0.25, 0.3) is 22.6 Å². The molecule has 0 bridgehead atoms. The van der Waals surface area contributed by atoms with Crippen molar-refractivity contribution in [1.82, 2.24) is 9.55 Å². The molecule has 140 valence electrons. The number of amides is 1. The van der Waals surface area contributed by atoms with Crippen molar-refractivity contribution in [1.29, 1.82) is 0 Å². The van der Waals surface area contributed by atoms with Crippen LogP contribution in [0.2, 0.25) is 0 Å². The number of nitrogens with zero attached hydrogens (tertiary/aromatic N) is 2. The molecule has 1 aliphatic rings. The number of hydrogen-bond acceptors (Lipinski definition) is 4. The molecular weight excluding hydrogens is 358 g/mol. The van der Waals surface area contributed by atoms with Crippen LogP contribution >= 0.6 is 0 Å². The van der Waals surface area contributed by atoms with E-state index in [9.17, 15) is 19.5 Å². The van der Waals surface area contributed by atoms with Gasteiger partial charge in [-0.1, -0.05) is 12.1 Å². The van der Waals surface area contributed by atoms with Crippen LogP contribution < -0.4 is 10.9 Å². The quantitative estimate of drug-likeness (QED) is 0.733. The average molecular weight is 375 g/mol. The van der Waals surface area contributed by atoms with Crippen LogP contribution in [0.5, 0.6) is 0 Å². The molecule has 0 saturated carbocycles. The van der Waals surface area contributed by atoms with Gasteiger partial charge in [-0.3, -0.25) is 14.2 Å². The number of carboxylic acids is 1. The predicted octanol–water partition coefficient (Wildman–Crippen LogP) is 3.00. The first-order valence-electron chi connectivity index (χ1n) is 8.79. The summed E-state index contributed by atoms with van der Waals surface area (Å²) in [6.07, 6.45) is 2.62. The fourth-order valence-corrected chi connectivity index (χ4v) is 3.35. The zero-order valence-electron chi connectivity index (χ0n) is 15.1. The molecule has 4 rings (SSSR count). The SMILES string of the molecule is CC(=O)Nc1ccc(/C=C2\CCn3c2nc2cc(C(=O)O)ccc2c3=O)cc1. The Labute approximate surface area is 160 Å². The summed E-state index contributed by atoms with van der Waals surface area (Å²) in [5, 5.41) is 12.3. The van der Waals surface area contributed by atoms with E-state index in [0.29, 0.717) is 35.4 Å². The van der Waals surface area contributed by atoms with Gasteiger partial charge in [-0.05, 0) is 54.0 Å². The summed E-state index contributed by atoms with van der Waals surface area (Å²) in [6.45, 7) is 1.99. The second-order valence-corrected chi connectivity index (χ2v) is 6.65. The molecule has 0 radical (unpaired) electrons. The molecule has 7 heteroatoms. The average Bonchev–Trinajstić information content (AvgIpc) is 3.05. The topological polar surface area (TPSA) is 101 Å². The van der Waals surface area contributed by atoms with Gasteiger partial charge < -0.3 is 10.4 Å². The van der Waals surface area contributed by atoms with Crippen molar-refractivity contribution in [2.45, 2.75) is 19.9 Å². The first-order chi connectivity index (χ1) is 13.4. The number of nitrogens with one attached hydrogen (secondary N) is 1. The standard InChI is InChI=1S/C21H17N3O4/c1-12(25)22-16-5-2-13(3-6-16)10-14-8-9-24-19(14)23-18-11-15(21(27)28)4-7-17(18)20(24)26/h2-7,10-11H,8-9H2,1H3,(H,22,25)(H,27,28)/b14-10+. The molecule has 1 amide bonds. The summed E-state index contributed by atoms with van der Waals surface area (Å²) in [6, 6.07) is 11.7. The number of benzene rings is 2. The maximum atomic E-state index is 12.8. The third-order valence-corrected chi connectivity index (χ3v) is 4.67. The van der Waals surface area contributed by atoms with Gasteiger partial charge >= 0.3 is 5.97 Å². The summed E-state index contributed by atoms with van der Waals surface area (Å²) < 4.78 is 1.63. The number of carbonyl (C=O) groups is 2. The maximum Gasteiger partial charge on any atom is 0.335 e. The molecular formula is C21H17N3O4. The first kappa shape index (κ1) is 17.7. The molecule has 0 unspecified atom stereocenters. The van der Waals surface area contributed by atoms with E-state index in [1.807, 2.05) is 30.3 Å². The molecule has 1 aliphatic heterocycles. The third kappa shape index (κ3) is 3.18. The number of anilines is 1. The van der Waals surface area contributed by atoms with Crippen molar-refractivity contribution in [2.75, 3.05) is 5.32 Å². The van der Waals surface area contributed by atoms with Gasteiger partial charge in [0.15, 0.2) is 0 Å². The second kappa shape index (κ2) is 6.77. The van der Waals surface area contributed by atoms with Crippen molar-refractivity contribution < 1.29 is 14.7 Å². The Morgan fingerprint density at radius 2 is 1.93 bits per heavy atom. The fourth-order valence-electron chi connectivity index (χ4n) is 3.35. The molecule has 1 aromatic heterocycles. The zero-order valence-corrected chi connectivity index (χ0v) is 15.1. The lowest BCUT2D eigenvalue weighted by molar-refractivity contribution is -0.114. The molecule has 2 N–H and O–H groups in total. The number of rotatable bonds is 3. The molecule has 28 heavy (non-hydrogen) atoms. The summed E-state index contributed by atoms with van der Waals surface area (Å²) in [5.74, 6) is -0.627. The van der Waals surface area contributed by atoms with E-state index in [4.69, 9.17) is 0 Å².